The fourth-order valence-electron chi connectivity index (χ4n) is 2.26. The highest BCUT2D eigenvalue weighted by Crippen LogP contribution is 2.25. The molecule has 2 aromatic rings. The molecule has 0 bridgehead atoms. The van der Waals surface area contributed by atoms with Crippen LogP contribution in [0, 0.1) is 0 Å². The molecule has 4 nitrogen and oxygen atoms in total. The Morgan fingerprint density at radius 1 is 1.10 bits per heavy atom. The molecule has 0 spiro atoms. The number of carbonyl (C=O) groups is 1. The minimum absolute atomic E-state index is 0.351. The number of benzene rings is 2. The third-order valence-corrected chi connectivity index (χ3v) is 3.38. The summed E-state index contributed by atoms with van der Waals surface area (Å²) >= 11 is 0. The highest BCUT2D eigenvalue weighted by molar-refractivity contribution is 5.78. The summed E-state index contributed by atoms with van der Waals surface area (Å²) < 4.78 is 0. The number of anilines is 2. The van der Waals surface area contributed by atoms with E-state index in [0.29, 0.717) is 6.54 Å². The minimum atomic E-state index is -0.823. The molecule has 1 unspecified atom stereocenters. The SMILES string of the molecule is CN(C)c1ccccc1NCC(C(=O)O)c1ccccc1. The van der Waals surface area contributed by atoms with Crippen LogP contribution in [-0.4, -0.2) is 31.7 Å². The average molecular weight is 284 g/mol. The molecule has 2 N–H and O–H groups in total. The largest absolute Gasteiger partial charge is 0.481 e. The lowest BCUT2D eigenvalue weighted by Gasteiger charge is -2.20. The van der Waals surface area contributed by atoms with E-state index in [4.69, 9.17) is 0 Å². The van der Waals surface area contributed by atoms with Gasteiger partial charge in [-0.25, -0.2) is 0 Å². The summed E-state index contributed by atoms with van der Waals surface area (Å²) in [5.74, 6) is -1.39. The Labute approximate surface area is 125 Å². The van der Waals surface area contributed by atoms with Crippen molar-refractivity contribution in [2.24, 2.45) is 0 Å². The van der Waals surface area contributed by atoms with E-state index in [9.17, 15) is 9.90 Å². The average Bonchev–Trinajstić information content (AvgIpc) is 2.48. The molecular weight excluding hydrogens is 264 g/mol. The fourth-order valence-corrected chi connectivity index (χ4v) is 2.26. The van der Waals surface area contributed by atoms with Gasteiger partial charge in [0.2, 0.25) is 0 Å². The second-order valence-electron chi connectivity index (χ2n) is 5.09. The van der Waals surface area contributed by atoms with Crippen molar-refractivity contribution in [2.75, 3.05) is 30.9 Å². The molecule has 0 aliphatic carbocycles. The van der Waals surface area contributed by atoms with Crippen molar-refractivity contribution in [3.63, 3.8) is 0 Å². The van der Waals surface area contributed by atoms with E-state index in [2.05, 4.69) is 5.32 Å². The molecule has 0 heterocycles. The van der Waals surface area contributed by atoms with Crippen LogP contribution in [0.4, 0.5) is 11.4 Å². The zero-order valence-corrected chi connectivity index (χ0v) is 12.3. The number of nitrogens with zero attached hydrogens (tertiary/aromatic N) is 1. The summed E-state index contributed by atoms with van der Waals surface area (Å²) in [6.45, 7) is 0.351. The van der Waals surface area contributed by atoms with Gasteiger partial charge in [-0.15, -0.1) is 0 Å². The standard InChI is InChI=1S/C17H20N2O2/c1-19(2)16-11-7-6-10-15(16)18-12-14(17(20)21)13-8-4-3-5-9-13/h3-11,14,18H,12H2,1-2H3,(H,20,21). The van der Waals surface area contributed by atoms with Gasteiger partial charge in [0.1, 0.15) is 0 Å². The van der Waals surface area contributed by atoms with Crippen molar-refractivity contribution >= 4 is 17.3 Å². The second kappa shape index (κ2) is 6.79. The van der Waals surface area contributed by atoms with Gasteiger partial charge >= 0.3 is 5.97 Å². The Hall–Kier alpha value is -2.49. The summed E-state index contributed by atoms with van der Waals surface area (Å²) in [4.78, 5) is 13.5. The van der Waals surface area contributed by atoms with Gasteiger partial charge in [-0.3, -0.25) is 4.79 Å². The van der Waals surface area contributed by atoms with E-state index in [0.717, 1.165) is 16.9 Å². The Morgan fingerprint density at radius 2 is 1.71 bits per heavy atom. The zero-order chi connectivity index (χ0) is 15.2. The Morgan fingerprint density at radius 3 is 2.33 bits per heavy atom. The van der Waals surface area contributed by atoms with Crippen LogP contribution < -0.4 is 10.2 Å². The van der Waals surface area contributed by atoms with Gasteiger partial charge in [0.05, 0.1) is 17.3 Å². The van der Waals surface area contributed by atoms with Gasteiger partial charge in [-0.2, -0.15) is 0 Å². The Balaban J connectivity index is 2.15. The highest BCUT2D eigenvalue weighted by atomic mass is 16.4. The number of nitrogens with one attached hydrogen (secondary N) is 1. The molecule has 21 heavy (non-hydrogen) atoms. The number of carboxylic acid groups (broad SMARTS) is 1. The molecule has 0 aliphatic heterocycles. The van der Waals surface area contributed by atoms with E-state index < -0.39 is 11.9 Å². The molecule has 110 valence electrons. The third kappa shape index (κ3) is 3.75. The summed E-state index contributed by atoms with van der Waals surface area (Å²) in [6.07, 6.45) is 0. The monoisotopic (exact) mass is 284 g/mol. The van der Waals surface area contributed by atoms with Crippen LogP contribution in [0.25, 0.3) is 0 Å². The first-order chi connectivity index (χ1) is 10.1. The van der Waals surface area contributed by atoms with Crippen molar-refractivity contribution in [1.82, 2.24) is 0 Å². The van der Waals surface area contributed by atoms with E-state index in [-0.39, 0.29) is 0 Å². The molecule has 2 rings (SSSR count). The molecule has 0 saturated carbocycles. The molecule has 0 amide bonds. The van der Waals surface area contributed by atoms with Gasteiger partial charge < -0.3 is 15.3 Å². The first kappa shape index (κ1) is 14.9. The van der Waals surface area contributed by atoms with E-state index in [1.54, 1.807) is 0 Å². The Kier molecular flexibility index (Phi) is 4.82. The van der Waals surface area contributed by atoms with Crippen molar-refractivity contribution < 1.29 is 9.90 Å². The summed E-state index contributed by atoms with van der Waals surface area (Å²) in [5, 5.41) is 12.7. The summed E-state index contributed by atoms with van der Waals surface area (Å²) in [7, 11) is 3.93. The minimum Gasteiger partial charge on any atom is -0.481 e. The second-order valence-corrected chi connectivity index (χ2v) is 5.09. The first-order valence-electron chi connectivity index (χ1n) is 6.87. The van der Waals surface area contributed by atoms with Crippen LogP contribution in [-0.2, 0) is 4.79 Å². The highest BCUT2D eigenvalue weighted by Gasteiger charge is 2.19. The van der Waals surface area contributed by atoms with Gasteiger partial charge in [-0.1, -0.05) is 42.5 Å². The van der Waals surface area contributed by atoms with Crippen molar-refractivity contribution in [3.8, 4) is 0 Å². The fraction of sp³-hybridized carbons (Fsp3) is 0.235. The summed E-state index contributed by atoms with van der Waals surface area (Å²) in [6, 6.07) is 17.2. The maximum atomic E-state index is 11.5. The molecule has 0 aromatic heterocycles. The molecular formula is C17H20N2O2. The molecule has 4 heteroatoms. The molecule has 0 aliphatic rings. The lowest BCUT2D eigenvalue weighted by Crippen LogP contribution is -2.22. The van der Waals surface area contributed by atoms with Gasteiger partial charge in [0, 0.05) is 20.6 Å². The number of aliphatic carboxylic acids is 1. The maximum absolute atomic E-state index is 11.5. The molecule has 0 radical (unpaired) electrons. The predicted molar refractivity (Wildman–Crippen MR) is 86.1 cm³/mol. The van der Waals surface area contributed by atoms with E-state index in [1.807, 2.05) is 73.6 Å². The van der Waals surface area contributed by atoms with Gasteiger partial charge in [-0.05, 0) is 17.7 Å². The lowest BCUT2D eigenvalue weighted by atomic mass is 9.99. The predicted octanol–water partition coefficient (Wildman–Crippen LogP) is 3.03. The smallest absolute Gasteiger partial charge is 0.312 e. The van der Waals surface area contributed by atoms with Crippen molar-refractivity contribution in [2.45, 2.75) is 5.92 Å². The van der Waals surface area contributed by atoms with Crippen LogP contribution in [0.1, 0.15) is 11.5 Å². The first-order valence-corrected chi connectivity index (χ1v) is 6.87. The van der Waals surface area contributed by atoms with Crippen LogP contribution >= 0.6 is 0 Å². The van der Waals surface area contributed by atoms with Crippen molar-refractivity contribution in [3.05, 3.63) is 60.2 Å². The van der Waals surface area contributed by atoms with E-state index >= 15 is 0 Å². The van der Waals surface area contributed by atoms with Crippen LogP contribution in [0.2, 0.25) is 0 Å². The maximum Gasteiger partial charge on any atom is 0.312 e. The van der Waals surface area contributed by atoms with Crippen molar-refractivity contribution in [1.29, 1.82) is 0 Å². The number of carboxylic acids is 1. The third-order valence-electron chi connectivity index (χ3n) is 3.38. The number of hydrogen-bond donors (Lipinski definition) is 2. The number of hydrogen-bond acceptors (Lipinski definition) is 3. The summed E-state index contributed by atoms with van der Waals surface area (Å²) in [5.41, 5.74) is 2.78. The Bertz CT molecular complexity index is 597. The lowest BCUT2D eigenvalue weighted by molar-refractivity contribution is -0.138. The quantitative estimate of drug-likeness (QED) is 0.856. The number of rotatable bonds is 6. The van der Waals surface area contributed by atoms with Crippen LogP contribution in [0.15, 0.2) is 54.6 Å². The van der Waals surface area contributed by atoms with Crippen LogP contribution in [0.5, 0.6) is 0 Å². The van der Waals surface area contributed by atoms with Crippen LogP contribution in [0.3, 0.4) is 0 Å². The van der Waals surface area contributed by atoms with Gasteiger partial charge in [0.25, 0.3) is 0 Å². The topological polar surface area (TPSA) is 52.6 Å². The van der Waals surface area contributed by atoms with Gasteiger partial charge in [0.15, 0.2) is 0 Å². The molecule has 2 aromatic carbocycles. The molecule has 0 saturated heterocycles. The van der Waals surface area contributed by atoms with E-state index in [1.165, 1.54) is 0 Å². The molecule has 1 atom stereocenters. The normalized spacial score (nSPS) is 11.7. The molecule has 0 fully saturated rings. The number of para-hydroxylation sites is 2. The zero-order valence-electron chi connectivity index (χ0n) is 12.3.